The highest BCUT2D eigenvalue weighted by atomic mass is 35.5. The number of nitriles is 1. The number of piperidine rings is 1. The van der Waals surface area contributed by atoms with Crippen LogP contribution >= 0.6 is 11.6 Å². The third-order valence-electron chi connectivity index (χ3n) is 4.17. The minimum absolute atomic E-state index is 0.415. The molecule has 2 aliphatic rings. The van der Waals surface area contributed by atoms with Crippen LogP contribution in [0.4, 0.5) is 5.82 Å². The van der Waals surface area contributed by atoms with E-state index in [0.29, 0.717) is 28.5 Å². The summed E-state index contributed by atoms with van der Waals surface area (Å²) in [6.07, 6.45) is 6.52. The Bertz CT molecular complexity index is 511. The number of anilines is 1. The van der Waals surface area contributed by atoms with Crippen LogP contribution in [0.2, 0.25) is 5.02 Å². The summed E-state index contributed by atoms with van der Waals surface area (Å²) in [4.78, 5) is 6.84. The maximum Gasteiger partial charge on any atom is 0.146 e. The van der Waals surface area contributed by atoms with Crippen LogP contribution in [0.1, 0.15) is 31.2 Å². The van der Waals surface area contributed by atoms with Gasteiger partial charge in [-0.2, -0.15) is 5.26 Å². The summed E-state index contributed by atoms with van der Waals surface area (Å²) in [5.74, 6) is 0.650. The number of hydrogen-bond donors (Lipinski definition) is 1. The van der Waals surface area contributed by atoms with Crippen molar-refractivity contribution in [1.29, 1.82) is 5.26 Å². The summed E-state index contributed by atoms with van der Waals surface area (Å²) in [6, 6.07) is 4.86. The molecule has 2 saturated heterocycles. The minimum atomic E-state index is 0.415. The molecular weight excluding hydrogens is 260 g/mol. The minimum Gasteiger partial charge on any atom is -0.366 e. The highest BCUT2D eigenvalue weighted by Crippen LogP contribution is 2.30. The van der Waals surface area contributed by atoms with Gasteiger partial charge in [0, 0.05) is 24.8 Å². The summed E-state index contributed by atoms with van der Waals surface area (Å²) in [5, 5.41) is 12.8. The average molecular weight is 277 g/mol. The number of hydrogen-bond acceptors (Lipinski definition) is 4. The van der Waals surface area contributed by atoms with E-state index in [1.807, 2.05) is 0 Å². The zero-order chi connectivity index (χ0) is 13.2. The van der Waals surface area contributed by atoms with Crippen LogP contribution in [0, 0.1) is 11.3 Å². The molecule has 1 aromatic heterocycles. The third-order valence-corrected chi connectivity index (χ3v) is 4.55. The van der Waals surface area contributed by atoms with Crippen LogP contribution in [-0.2, 0) is 0 Å². The molecule has 0 aliphatic carbocycles. The number of halogens is 1. The standard InChI is InChI=1S/C14H17ClN4/c15-13-10(9-16)3-5-17-14(13)18-11-4-7-19-6-1-2-12(19)8-11/h3,5,11-12H,1-2,4,6-8H2,(H,17,18). The van der Waals surface area contributed by atoms with Gasteiger partial charge in [0.1, 0.15) is 16.9 Å². The van der Waals surface area contributed by atoms with E-state index < -0.39 is 0 Å². The van der Waals surface area contributed by atoms with E-state index in [1.54, 1.807) is 12.3 Å². The Kier molecular flexibility index (Phi) is 3.58. The molecule has 2 aliphatic heterocycles. The molecule has 0 aromatic carbocycles. The summed E-state index contributed by atoms with van der Waals surface area (Å²) in [5.41, 5.74) is 0.484. The van der Waals surface area contributed by atoms with E-state index in [-0.39, 0.29) is 0 Å². The van der Waals surface area contributed by atoms with Crippen molar-refractivity contribution in [3.8, 4) is 6.07 Å². The molecule has 0 spiro atoms. The molecule has 0 amide bonds. The van der Waals surface area contributed by atoms with E-state index in [4.69, 9.17) is 16.9 Å². The second-order valence-electron chi connectivity index (χ2n) is 5.33. The van der Waals surface area contributed by atoms with Gasteiger partial charge in [-0.3, -0.25) is 0 Å². The highest BCUT2D eigenvalue weighted by Gasteiger charge is 2.31. The highest BCUT2D eigenvalue weighted by molar-refractivity contribution is 6.34. The number of nitrogens with zero attached hydrogens (tertiary/aromatic N) is 3. The molecule has 3 rings (SSSR count). The predicted molar refractivity (Wildman–Crippen MR) is 75.2 cm³/mol. The fraction of sp³-hybridized carbons (Fsp3) is 0.571. The molecule has 4 nitrogen and oxygen atoms in total. The van der Waals surface area contributed by atoms with Gasteiger partial charge in [0.15, 0.2) is 0 Å². The van der Waals surface area contributed by atoms with Crippen molar-refractivity contribution in [3.63, 3.8) is 0 Å². The average Bonchev–Trinajstić information content (AvgIpc) is 2.88. The monoisotopic (exact) mass is 276 g/mol. The molecule has 0 bridgehead atoms. The molecule has 2 fully saturated rings. The van der Waals surface area contributed by atoms with Gasteiger partial charge in [0.25, 0.3) is 0 Å². The third kappa shape index (κ3) is 2.54. The second-order valence-corrected chi connectivity index (χ2v) is 5.71. The van der Waals surface area contributed by atoms with Gasteiger partial charge < -0.3 is 10.2 Å². The number of nitrogens with one attached hydrogen (secondary N) is 1. The van der Waals surface area contributed by atoms with Crippen molar-refractivity contribution < 1.29 is 0 Å². The first-order valence-electron chi connectivity index (χ1n) is 6.83. The molecular formula is C14H17ClN4. The molecule has 5 heteroatoms. The fourth-order valence-electron chi connectivity index (χ4n) is 3.18. The lowest BCUT2D eigenvalue weighted by atomic mass is 9.97. The maximum absolute atomic E-state index is 8.98. The second kappa shape index (κ2) is 5.36. The molecule has 0 radical (unpaired) electrons. The number of rotatable bonds is 2. The Morgan fingerprint density at radius 2 is 2.32 bits per heavy atom. The molecule has 1 aromatic rings. The first-order valence-corrected chi connectivity index (χ1v) is 7.21. The normalized spacial score (nSPS) is 26.7. The Morgan fingerprint density at radius 3 is 3.16 bits per heavy atom. The van der Waals surface area contributed by atoms with Crippen molar-refractivity contribution >= 4 is 17.4 Å². The first kappa shape index (κ1) is 12.7. The zero-order valence-corrected chi connectivity index (χ0v) is 11.5. The fourth-order valence-corrected chi connectivity index (χ4v) is 3.39. The summed E-state index contributed by atoms with van der Waals surface area (Å²) in [6.45, 7) is 2.40. The Balaban J connectivity index is 1.70. The van der Waals surface area contributed by atoms with Crippen molar-refractivity contribution in [2.24, 2.45) is 0 Å². The lowest BCUT2D eigenvalue weighted by Gasteiger charge is -2.35. The molecule has 2 unspecified atom stereocenters. The Labute approximate surface area is 118 Å². The van der Waals surface area contributed by atoms with Gasteiger partial charge in [-0.15, -0.1) is 0 Å². The van der Waals surface area contributed by atoms with Gasteiger partial charge in [0.05, 0.1) is 5.56 Å². The summed E-state index contributed by atoms with van der Waals surface area (Å²) >= 11 is 6.18. The van der Waals surface area contributed by atoms with E-state index in [9.17, 15) is 0 Å². The van der Waals surface area contributed by atoms with E-state index in [0.717, 1.165) is 19.4 Å². The smallest absolute Gasteiger partial charge is 0.146 e. The van der Waals surface area contributed by atoms with Crippen molar-refractivity contribution in [2.45, 2.75) is 37.8 Å². The SMILES string of the molecule is N#Cc1ccnc(NC2CCN3CCCC3C2)c1Cl. The summed E-state index contributed by atoms with van der Waals surface area (Å²) < 4.78 is 0. The molecule has 100 valence electrons. The largest absolute Gasteiger partial charge is 0.366 e. The number of pyridine rings is 1. The zero-order valence-electron chi connectivity index (χ0n) is 10.8. The van der Waals surface area contributed by atoms with Gasteiger partial charge in [0.2, 0.25) is 0 Å². The van der Waals surface area contributed by atoms with Gasteiger partial charge in [-0.1, -0.05) is 11.6 Å². The van der Waals surface area contributed by atoms with Crippen LogP contribution in [0.3, 0.4) is 0 Å². The number of fused-ring (bicyclic) bond motifs is 1. The lowest BCUT2D eigenvalue weighted by molar-refractivity contribution is 0.188. The maximum atomic E-state index is 8.98. The van der Waals surface area contributed by atoms with E-state index >= 15 is 0 Å². The van der Waals surface area contributed by atoms with Crippen LogP contribution in [-0.4, -0.2) is 35.1 Å². The van der Waals surface area contributed by atoms with Gasteiger partial charge in [-0.25, -0.2) is 4.98 Å². The molecule has 2 atom stereocenters. The lowest BCUT2D eigenvalue weighted by Crippen LogP contribution is -2.42. The van der Waals surface area contributed by atoms with Crippen molar-refractivity contribution in [3.05, 3.63) is 22.8 Å². The quantitative estimate of drug-likeness (QED) is 0.902. The topological polar surface area (TPSA) is 52.0 Å². The number of aromatic nitrogens is 1. The van der Waals surface area contributed by atoms with Gasteiger partial charge >= 0.3 is 0 Å². The Hall–Kier alpha value is -1.31. The molecule has 3 heterocycles. The Morgan fingerprint density at radius 1 is 1.42 bits per heavy atom. The van der Waals surface area contributed by atoms with E-state index in [2.05, 4.69) is 21.3 Å². The van der Waals surface area contributed by atoms with Crippen molar-refractivity contribution in [1.82, 2.24) is 9.88 Å². The van der Waals surface area contributed by atoms with Crippen LogP contribution in [0.15, 0.2) is 12.3 Å². The van der Waals surface area contributed by atoms with Crippen LogP contribution in [0.25, 0.3) is 0 Å². The van der Waals surface area contributed by atoms with Crippen LogP contribution in [0.5, 0.6) is 0 Å². The van der Waals surface area contributed by atoms with Gasteiger partial charge in [-0.05, 0) is 38.3 Å². The predicted octanol–water partition coefficient (Wildman–Crippen LogP) is 2.65. The van der Waals surface area contributed by atoms with Crippen LogP contribution < -0.4 is 5.32 Å². The molecule has 0 saturated carbocycles. The van der Waals surface area contributed by atoms with Crippen molar-refractivity contribution in [2.75, 3.05) is 18.4 Å². The summed E-state index contributed by atoms with van der Waals surface area (Å²) in [7, 11) is 0. The molecule has 1 N–H and O–H groups in total. The molecule has 19 heavy (non-hydrogen) atoms. The first-order chi connectivity index (χ1) is 9.28. The van der Waals surface area contributed by atoms with E-state index in [1.165, 1.54) is 19.4 Å².